The third-order valence-electron chi connectivity index (χ3n) is 5.72. The van der Waals surface area contributed by atoms with E-state index in [2.05, 4.69) is 62.6 Å². The van der Waals surface area contributed by atoms with Crippen LogP contribution in [0.25, 0.3) is 0 Å². The van der Waals surface area contributed by atoms with Crippen molar-refractivity contribution in [2.45, 2.75) is 52.4 Å². The van der Waals surface area contributed by atoms with Crippen LogP contribution in [-0.2, 0) is 10.8 Å². The minimum atomic E-state index is -0.265. The molecule has 3 aromatic rings. The van der Waals surface area contributed by atoms with Crippen LogP contribution < -0.4 is 10.9 Å². The molecule has 0 saturated heterocycles. The van der Waals surface area contributed by atoms with Crippen LogP contribution in [0.2, 0.25) is 0 Å². The summed E-state index contributed by atoms with van der Waals surface area (Å²) in [4.78, 5) is 24.6. The standard InChI is InChI=1S/C30H34N4O2/c1-29(2,3)25-15-11-23(12-16-25)27(35)33-31-19-21-7-9-22(10-8-21)20-32-34-28(36)24-13-17-26(18-14-24)30(4,5)6/h7-20H,1-6H3,(H,33,35)(H,34,36). The molecule has 0 spiro atoms. The molecule has 2 amide bonds. The number of hydrogen-bond acceptors (Lipinski definition) is 4. The molecule has 3 aromatic carbocycles. The molecule has 3 rings (SSSR count). The lowest BCUT2D eigenvalue weighted by Gasteiger charge is -2.18. The summed E-state index contributed by atoms with van der Waals surface area (Å²) in [6, 6.07) is 22.5. The Morgan fingerprint density at radius 1 is 0.556 bits per heavy atom. The molecule has 2 N–H and O–H groups in total. The van der Waals surface area contributed by atoms with E-state index in [9.17, 15) is 9.59 Å². The number of hydrazone groups is 2. The highest BCUT2D eigenvalue weighted by atomic mass is 16.2. The molecule has 6 nitrogen and oxygen atoms in total. The van der Waals surface area contributed by atoms with Gasteiger partial charge in [0.2, 0.25) is 0 Å². The Kier molecular flexibility index (Phi) is 8.20. The third-order valence-corrected chi connectivity index (χ3v) is 5.72. The van der Waals surface area contributed by atoms with Crippen LogP contribution in [0.15, 0.2) is 83.0 Å². The van der Waals surface area contributed by atoms with Gasteiger partial charge in [-0.3, -0.25) is 9.59 Å². The minimum Gasteiger partial charge on any atom is -0.267 e. The lowest BCUT2D eigenvalue weighted by Crippen LogP contribution is -2.18. The Bertz CT molecular complexity index is 1140. The van der Waals surface area contributed by atoms with Gasteiger partial charge < -0.3 is 0 Å². The molecule has 0 bridgehead atoms. The van der Waals surface area contributed by atoms with E-state index in [0.29, 0.717) is 11.1 Å². The molecule has 36 heavy (non-hydrogen) atoms. The number of nitrogens with one attached hydrogen (secondary N) is 2. The minimum absolute atomic E-state index is 0.0357. The maximum absolute atomic E-state index is 12.3. The summed E-state index contributed by atoms with van der Waals surface area (Å²) < 4.78 is 0. The molecule has 0 radical (unpaired) electrons. The van der Waals surface area contributed by atoms with Gasteiger partial charge in [0.05, 0.1) is 12.4 Å². The molecule has 0 aromatic heterocycles. The van der Waals surface area contributed by atoms with Gasteiger partial charge in [-0.1, -0.05) is 90.1 Å². The summed E-state index contributed by atoms with van der Waals surface area (Å²) in [7, 11) is 0. The fourth-order valence-electron chi connectivity index (χ4n) is 3.37. The van der Waals surface area contributed by atoms with Crippen molar-refractivity contribution in [3.05, 3.63) is 106 Å². The van der Waals surface area contributed by atoms with Gasteiger partial charge in [-0.2, -0.15) is 10.2 Å². The highest BCUT2D eigenvalue weighted by Gasteiger charge is 2.15. The highest BCUT2D eigenvalue weighted by Crippen LogP contribution is 2.23. The molecule has 0 unspecified atom stereocenters. The molecule has 0 heterocycles. The Morgan fingerprint density at radius 2 is 0.861 bits per heavy atom. The molecule has 0 aliphatic carbocycles. The summed E-state index contributed by atoms with van der Waals surface area (Å²) in [5.41, 5.74) is 10.3. The first-order valence-electron chi connectivity index (χ1n) is 11.9. The van der Waals surface area contributed by atoms with E-state index >= 15 is 0 Å². The van der Waals surface area contributed by atoms with E-state index in [1.54, 1.807) is 36.7 Å². The van der Waals surface area contributed by atoms with Gasteiger partial charge in [0.1, 0.15) is 0 Å². The average Bonchev–Trinajstić information content (AvgIpc) is 2.84. The van der Waals surface area contributed by atoms with Crippen LogP contribution in [0.4, 0.5) is 0 Å². The van der Waals surface area contributed by atoms with Crippen LogP contribution in [0.1, 0.15) is 84.5 Å². The van der Waals surface area contributed by atoms with E-state index in [0.717, 1.165) is 11.1 Å². The number of benzene rings is 3. The summed E-state index contributed by atoms with van der Waals surface area (Å²) in [6.45, 7) is 12.8. The molecule has 0 aliphatic rings. The zero-order valence-electron chi connectivity index (χ0n) is 21.8. The highest BCUT2D eigenvalue weighted by molar-refractivity contribution is 5.95. The molecule has 6 heteroatoms. The monoisotopic (exact) mass is 482 g/mol. The molecule has 186 valence electrons. The maximum atomic E-state index is 12.3. The van der Waals surface area contributed by atoms with Crippen molar-refractivity contribution in [3.8, 4) is 0 Å². The largest absolute Gasteiger partial charge is 0.271 e. The second-order valence-corrected chi connectivity index (χ2v) is 10.7. The topological polar surface area (TPSA) is 82.9 Å². The first-order chi connectivity index (χ1) is 16.9. The second kappa shape index (κ2) is 11.1. The second-order valence-electron chi connectivity index (χ2n) is 10.7. The number of rotatable bonds is 6. The lowest BCUT2D eigenvalue weighted by atomic mass is 9.87. The van der Waals surface area contributed by atoms with Crippen molar-refractivity contribution in [3.63, 3.8) is 0 Å². The van der Waals surface area contributed by atoms with Crippen molar-refractivity contribution in [2.24, 2.45) is 10.2 Å². The van der Waals surface area contributed by atoms with Crippen LogP contribution in [0.5, 0.6) is 0 Å². The van der Waals surface area contributed by atoms with Gasteiger partial charge in [0.15, 0.2) is 0 Å². The quantitative estimate of drug-likeness (QED) is 0.343. The number of carbonyl (C=O) groups excluding carboxylic acids is 2. The number of nitrogens with zero attached hydrogens (tertiary/aromatic N) is 2. The average molecular weight is 483 g/mol. The first-order valence-corrected chi connectivity index (χ1v) is 11.9. The van der Waals surface area contributed by atoms with Gasteiger partial charge in [-0.15, -0.1) is 0 Å². The number of hydrogen-bond donors (Lipinski definition) is 2. The molecule has 0 fully saturated rings. The van der Waals surface area contributed by atoms with E-state index < -0.39 is 0 Å². The number of carbonyl (C=O) groups is 2. The first kappa shape index (κ1) is 26.5. The predicted molar refractivity (Wildman–Crippen MR) is 147 cm³/mol. The lowest BCUT2D eigenvalue weighted by molar-refractivity contribution is 0.0947. The van der Waals surface area contributed by atoms with Crippen molar-refractivity contribution < 1.29 is 9.59 Å². The van der Waals surface area contributed by atoms with Crippen molar-refractivity contribution in [1.82, 2.24) is 10.9 Å². The molecular formula is C30H34N4O2. The van der Waals surface area contributed by atoms with Gasteiger partial charge in [-0.25, -0.2) is 10.9 Å². The predicted octanol–water partition coefficient (Wildman–Crippen LogP) is 5.81. The zero-order chi connectivity index (χ0) is 26.3. The fraction of sp³-hybridized carbons (Fsp3) is 0.267. The Labute approximate surface area is 213 Å². The zero-order valence-corrected chi connectivity index (χ0v) is 21.8. The van der Waals surface area contributed by atoms with Crippen molar-refractivity contribution >= 4 is 24.2 Å². The Morgan fingerprint density at radius 3 is 1.14 bits per heavy atom. The summed E-state index contributed by atoms with van der Waals surface area (Å²) >= 11 is 0. The normalized spacial score (nSPS) is 12.2. The third kappa shape index (κ3) is 7.47. The Balaban J connectivity index is 1.50. The van der Waals surface area contributed by atoms with Gasteiger partial charge in [0, 0.05) is 11.1 Å². The van der Waals surface area contributed by atoms with Crippen LogP contribution in [-0.4, -0.2) is 24.2 Å². The van der Waals surface area contributed by atoms with E-state index in [-0.39, 0.29) is 22.6 Å². The van der Waals surface area contributed by atoms with Crippen molar-refractivity contribution in [1.29, 1.82) is 0 Å². The summed E-state index contributed by atoms with van der Waals surface area (Å²) in [5.74, 6) is -0.529. The van der Waals surface area contributed by atoms with Crippen LogP contribution in [0, 0.1) is 0 Å². The van der Waals surface area contributed by atoms with Crippen molar-refractivity contribution in [2.75, 3.05) is 0 Å². The van der Waals surface area contributed by atoms with E-state index in [1.807, 2.05) is 48.5 Å². The summed E-state index contributed by atoms with van der Waals surface area (Å²) in [5, 5.41) is 8.09. The molecule has 0 saturated carbocycles. The molecular weight excluding hydrogens is 448 g/mol. The van der Waals surface area contributed by atoms with E-state index in [1.165, 1.54) is 11.1 Å². The maximum Gasteiger partial charge on any atom is 0.271 e. The number of amides is 2. The van der Waals surface area contributed by atoms with Gasteiger partial charge >= 0.3 is 0 Å². The van der Waals surface area contributed by atoms with Gasteiger partial charge in [0.25, 0.3) is 11.8 Å². The van der Waals surface area contributed by atoms with Gasteiger partial charge in [-0.05, 0) is 57.3 Å². The fourth-order valence-corrected chi connectivity index (χ4v) is 3.37. The van der Waals surface area contributed by atoms with Crippen LogP contribution in [0.3, 0.4) is 0 Å². The molecule has 0 atom stereocenters. The molecule has 0 aliphatic heterocycles. The van der Waals surface area contributed by atoms with E-state index in [4.69, 9.17) is 0 Å². The van der Waals surface area contributed by atoms with Crippen LogP contribution >= 0.6 is 0 Å². The summed E-state index contributed by atoms with van der Waals surface area (Å²) in [6.07, 6.45) is 3.15. The SMILES string of the molecule is CC(C)(C)c1ccc(C(=O)NN=Cc2ccc(C=NNC(=O)c3ccc(C(C)(C)C)cc3)cc2)cc1. The smallest absolute Gasteiger partial charge is 0.267 e. The Hall–Kier alpha value is -4.06.